The van der Waals surface area contributed by atoms with Crippen molar-refractivity contribution in [3.63, 3.8) is 0 Å². The Morgan fingerprint density at radius 3 is 2.50 bits per heavy atom. The zero-order valence-electron chi connectivity index (χ0n) is 12.6. The van der Waals surface area contributed by atoms with Gasteiger partial charge in [-0.15, -0.1) is 10.2 Å². The van der Waals surface area contributed by atoms with E-state index in [0.29, 0.717) is 6.54 Å². The van der Waals surface area contributed by atoms with Crippen molar-refractivity contribution in [2.24, 2.45) is 12.8 Å². The summed E-state index contributed by atoms with van der Waals surface area (Å²) in [7, 11) is 1.96. The van der Waals surface area contributed by atoms with E-state index in [2.05, 4.69) is 30.1 Å². The van der Waals surface area contributed by atoms with E-state index in [9.17, 15) is 0 Å². The summed E-state index contributed by atoms with van der Waals surface area (Å²) in [5, 5.41) is 16.5. The third-order valence-electron chi connectivity index (χ3n) is 2.51. The van der Waals surface area contributed by atoms with E-state index in [4.69, 9.17) is 15.6 Å². The maximum atomic E-state index is 9.00. The first-order chi connectivity index (χ1) is 9.42. The zero-order valence-corrected chi connectivity index (χ0v) is 13.4. The van der Waals surface area contributed by atoms with Gasteiger partial charge < -0.3 is 15.4 Å². The van der Waals surface area contributed by atoms with Crippen LogP contribution in [0.3, 0.4) is 0 Å². The number of aliphatic carboxylic acids is 1. The van der Waals surface area contributed by atoms with Crippen molar-refractivity contribution in [1.82, 2.24) is 14.8 Å². The van der Waals surface area contributed by atoms with Crippen LogP contribution in [0.15, 0.2) is 16.8 Å². The quantitative estimate of drug-likeness (QED) is 0.475. The van der Waals surface area contributed by atoms with Gasteiger partial charge in [-0.05, 0) is 19.8 Å². The number of allylic oxidation sites excluding steroid dienone is 2. The molecular weight excluding hydrogens is 276 g/mol. The van der Waals surface area contributed by atoms with Gasteiger partial charge in [0.05, 0.1) is 6.54 Å². The molecule has 0 amide bonds. The summed E-state index contributed by atoms with van der Waals surface area (Å²) >= 11 is 1.72. The molecule has 0 unspecified atom stereocenters. The van der Waals surface area contributed by atoms with Crippen molar-refractivity contribution in [2.75, 3.05) is 5.75 Å². The molecule has 0 aromatic carbocycles. The van der Waals surface area contributed by atoms with Crippen LogP contribution >= 0.6 is 11.8 Å². The van der Waals surface area contributed by atoms with Crippen molar-refractivity contribution >= 4 is 17.7 Å². The summed E-state index contributed by atoms with van der Waals surface area (Å²) in [4.78, 5) is 9.00. The Kier molecular flexibility index (Phi) is 9.75. The van der Waals surface area contributed by atoms with Gasteiger partial charge in [-0.3, -0.25) is 4.79 Å². The van der Waals surface area contributed by atoms with Gasteiger partial charge in [0.1, 0.15) is 5.82 Å². The van der Waals surface area contributed by atoms with Crippen LogP contribution in [0, 0.1) is 0 Å². The second-order valence-corrected chi connectivity index (χ2v) is 5.28. The molecule has 20 heavy (non-hydrogen) atoms. The molecule has 0 atom stereocenters. The van der Waals surface area contributed by atoms with Crippen LogP contribution in [0.5, 0.6) is 0 Å². The fourth-order valence-corrected chi connectivity index (χ4v) is 2.06. The molecule has 0 aliphatic heterocycles. The highest BCUT2D eigenvalue weighted by Gasteiger charge is 2.06. The van der Waals surface area contributed by atoms with Gasteiger partial charge in [0.2, 0.25) is 0 Å². The molecule has 0 bridgehead atoms. The molecule has 7 heteroatoms. The van der Waals surface area contributed by atoms with Gasteiger partial charge in [-0.25, -0.2) is 0 Å². The number of nitrogens with two attached hydrogens (primary N) is 1. The fourth-order valence-electron chi connectivity index (χ4n) is 1.25. The summed E-state index contributed by atoms with van der Waals surface area (Å²) in [6.07, 6.45) is 4.49. The molecule has 0 spiro atoms. The number of carboxylic acids is 1. The molecule has 6 nitrogen and oxygen atoms in total. The summed E-state index contributed by atoms with van der Waals surface area (Å²) in [5.74, 6) is 1.04. The number of thioether (sulfide) groups is 1. The van der Waals surface area contributed by atoms with Crippen LogP contribution in [-0.4, -0.2) is 31.6 Å². The van der Waals surface area contributed by atoms with Gasteiger partial charge in [-0.2, -0.15) is 0 Å². The van der Waals surface area contributed by atoms with Crippen LogP contribution in [0.4, 0.5) is 0 Å². The molecule has 0 saturated heterocycles. The van der Waals surface area contributed by atoms with Crippen LogP contribution in [-0.2, 0) is 18.4 Å². The van der Waals surface area contributed by atoms with Gasteiger partial charge in [0, 0.05) is 19.7 Å². The van der Waals surface area contributed by atoms with Gasteiger partial charge in [-0.1, -0.05) is 30.3 Å². The number of aromatic nitrogens is 3. The smallest absolute Gasteiger partial charge is 0.300 e. The first-order valence-corrected chi connectivity index (χ1v) is 7.47. The van der Waals surface area contributed by atoms with Crippen molar-refractivity contribution in [3.8, 4) is 0 Å². The van der Waals surface area contributed by atoms with Gasteiger partial charge >= 0.3 is 0 Å². The molecule has 1 heterocycles. The first-order valence-electron chi connectivity index (χ1n) is 6.48. The maximum absolute atomic E-state index is 9.00. The van der Waals surface area contributed by atoms with Crippen LogP contribution < -0.4 is 5.73 Å². The van der Waals surface area contributed by atoms with Crippen LogP contribution in [0.1, 0.15) is 39.4 Å². The topological polar surface area (TPSA) is 94.0 Å². The number of hydrogen-bond acceptors (Lipinski definition) is 5. The Balaban J connectivity index is 0.000000796. The van der Waals surface area contributed by atoms with Crippen molar-refractivity contribution in [2.45, 2.75) is 45.3 Å². The predicted molar refractivity (Wildman–Crippen MR) is 81.6 cm³/mol. The maximum Gasteiger partial charge on any atom is 0.300 e. The minimum atomic E-state index is -0.833. The SMILES string of the molecule is CC(=O)O.CC/C(C)=C/CCSc1nnc(CN)n1C. The monoisotopic (exact) mass is 300 g/mol. The minimum absolute atomic E-state index is 0.443. The molecular formula is C13H24N4O2S. The minimum Gasteiger partial charge on any atom is -0.481 e. The molecule has 0 radical (unpaired) electrons. The molecule has 0 aliphatic rings. The number of rotatable bonds is 6. The molecule has 0 saturated carbocycles. The Bertz CT molecular complexity index is 440. The standard InChI is InChI=1S/C11H20N4S.C2H4O2/c1-4-9(2)6-5-7-16-11-14-13-10(8-12)15(11)3;1-2(3)4/h6H,4-5,7-8,12H2,1-3H3;1H3,(H,3,4)/b9-6+;. The molecule has 3 N–H and O–H groups in total. The van der Waals surface area contributed by atoms with E-state index >= 15 is 0 Å². The van der Waals surface area contributed by atoms with Crippen molar-refractivity contribution in [3.05, 3.63) is 17.5 Å². The largest absolute Gasteiger partial charge is 0.481 e. The van der Waals surface area contributed by atoms with E-state index in [1.807, 2.05) is 11.6 Å². The Labute approximate surface area is 124 Å². The number of carboxylic acid groups (broad SMARTS) is 1. The lowest BCUT2D eigenvalue weighted by molar-refractivity contribution is -0.134. The van der Waals surface area contributed by atoms with Crippen LogP contribution in [0.2, 0.25) is 0 Å². The fraction of sp³-hybridized carbons (Fsp3) is 0.615. The van der Waals surface area contributed by atoms with E-state index < -0.39 is 5.97 Å². The lowest BCUT2D eigenvalue weighted by Crippen LogP contribution is -2.05. The second kappa shape index (κ2) is 10.4. The molecule has 0 aliphatic carbocycles. The summed E-state index contributed by atoms with van der Waals surface area (Å²) < 4.78 is 1.96. The lowest BCUT2D eigenvalue weighted by Gasteiger charge is -2.01. The van der Waals surface area contributed by atoms with Crippen molar-refractivity contribution in [1.29, 1.82) is 0 Å². The number of carbonyl (C=O) groups is 1. The first kappa shape index (κ1) is 18.7. The molecule has 1 aromatic rings. The molecule has 1 rings (SSSR count). The second-order valence-electron chi connectivity index (χ2n) is 4.22. The highest BCUT2D eigenvalue weighted by molar-refractivity contribution is 7.99. The summed E-state index contributed by atoms with van der Waals surface area (Å²) in [6, 6.07) is 0. The van der Waals surface area contributed by atoms with E-state index in [-0.39, 0.29) is 0 Å². The molecule has 1 aromatic heterocycles. The highest BCUT2D eigenvalue weighted by atomic mass is 32.2. The third-order valence-corrected chi connectivity index (χ3v) is 3.56. The zero-order chi connectivity index (χ0) is 15.5. The van der Waals surface area contributed by atoms with Crippen molar-refractivity contribution < 1.29 is 9.90 Å². The van der Waals surface area contributed by atoms with Crippen LogP contribution in [0.25, 0.3) is 0 Å². The normalized spacial score (nSPS) is 10.9. The number of hydrogen-bond donors (Lipinski definition) is 2. The lowest BCUT2D eigenvalue weighted by atomic mass is 10.2. The molecule has 114 valence electrons. The predicted octanol–water partition coefficient (Wildman–Crippen LogP) is 2.20. The highest BCUT2D eigenvalue weighted by Crippen LogP contribution is 2.17. The average Bonchev–Trinajstić information content (AvgIpc) is 2.74. The summed E-state index contributed by atoms with van der Waals surface area (Å²) in [5.41, 5.74) is 6.98. The average molecular weight is 300 g/mol. The van der Waals surface area contributed by atoms with E-state index in [1.165, 1.54) is 5.57 Å². The Morgan fingerprint density at radius 1 is 1.45 bits per heavy atom. The van der Waals surface area contributed by atoms with Gasteiger partial charge in [0.25, 0.3) is 5.97 Å². The van der Waals surface area contributed by atoms with Gasteiger partial charge in [0.15, 0.2) is 5.16 Å². The van der Waals surface area contributed by atoms with E-state index in [0.717, 1.165) is 36.5 Å². The van der Waals surface area contributed by atoms with E-state index in [1.54, 1.807) is 11.8 Å². The third kappa shape index (κ3) is 7.96. The number of nitrogens with zero attached hydrogens (tertiary/aromatic N) is 3. The summed E-state index contributed by atoms with van der Waals surface area (Å²) in [6.45, 7) is 5.87. The Morgan fingerprint density at radius 2 is 2.05 bits per heavy atom. The Hall–Kier alpha value is -1.34. The molecule has 0 fully saturated rings.